The third-order valence-electron chi connectivity index (χ3n) is 3.90. The van der Waals surface area contributed by atoms with Crippen LogP contribution in [0.3, 0.4) is 0 Å². The van der Waals surface area contributed by atoms with E-state index in [2.05, 4.69) is 4.98 Å². The van der Waals surface area contributed by atoms with Gasteiger partial charge in [-0.2, -0.15) is 0 Å². The number of anilines is 1. The van der Waals surface area contributed by atoms with E-state index in [1.165, 1.54) is 4.57 Å². The maximum absolute atomic E-state index is 14.3. The first-order valence-corrected chi connectivity index (χ1v) is 6.62. The van der Waals surface area contributed by atoms with Gasteiger partial charge in [0.2, 0.25) is 11.6 Å². The summed E-state index contributed by atoms with van der Waals surface area (Å²) in [6.07, 6.45) is 0.00499. The molecule has 2 heterocycles. The minimum absolute atomic E-state index is 0.00499. The minimum atomic E-state index is -2.07. The van der Waals surface area contributed by atoms with Gasteiger partial charge in [0.05, 0.1) is 17.4 Å². The highest BCUT2D eigenvalue weighted by Gasteiger charge is 2.44. The number of aromatic nitrogens is 2. The van der Waals surface area contributed by atoms with Gasteiger partial charge >= 0.3 is 0 Å². The van der Waals surface area contributed by atoms with E-state index in [9.17, 15) is 14.0 Å². The summed E-state index contributed by atoms with van der Waals surface area (Å²) in [5.74, 6) is -0.629. The molecule has 0 saturated carbocycles. The van der Waals surface area contributed by atoms with Gasteiger partial charge in [0.1, 0.15) is 0 Å². The molecule has 1 saturated heterocycles. The fourth-order valence-electron chi connectivity index (χ4n) is 2.63. The van der Waals surface area contributed by atoms with Crippen LogP contribution in [0, 0.1) is 0 Å². The van der Waals surface area contributed by atoms with Crippen LogP contribution in [0.2, 0.25) is 0 Å². The molecule has 1 fully saturated rings. The zero-order valence-electron chi connectivity index (χ0n) is 11.5. The largest absolute Gasteiger partial charge is 0.367 e. The predicted octanol–water partition coefficient (Wildman–Crippen LogP) is 0.337. The number of halogens is 1. The molecule has 1 aliphatic heterocycles. The molecule has 2 aromatic rings. The Morgan fingerprint density at radius 3 is 2.81 bits per heavy atom. The van der Waals surface area contributed by atoms with Crippen LogP contribution in [0.5, 0.6) is 0 Å². The monoisotopic (exact) mass is 290 g/mol. The number of rotatable bonds is 2. The summed E-state index contributed by atoms with van der Waals surface area (Å²) in [5, 5.41) is 0.504. The molecule has 6 nitrogen and oxygen atoms in total. The smallest absolute Gasteiger partial charge is 0.262 e. The summed E-state index contributed by atoms with van der Waals surface area (Å²) >= 11 is 0. The fraction of sp³-hybridized carbons (Fsp3) is 0.357. The standard InChI is InChI=1S/C14H15FN4O2/c1-18-11(20)9-4-2-3-5-10(9)17-13(18)19-7-6-14(15,8-19)12(16)21/h2-5H,6-8H2,1H3,(H2,16,21). The molecule has 1 unspecified atom stereocenters. The predicted molar refractivity (Wildman–Crippen MR) is 76.8 cm³/mol. The molecule has 7 heteroatoms. The van der Waals surface area contributed by atoms with Crippen LogP contribution in [0.1, 0.15) is 6.42 Å². The van der Waals surface area contributed by atoms with Crippen LogP contribution in [-0.4, -0.2) is 34.2 Å². The normalized spacial score (nSPS) is 21.9. The summed E-state index contributed by atoms with van der Waals surface area (Å²) in [7, 11) is 1.58. The number of fused-ring (bicyclic) bond motifs is 1. The summed E-state index contributed by atoms with van der Waals surface area (Å²) in [6.45, 7) is 0.110. The molecule has 110 valence electrons. The Morgan fingerprint density at radius 1 is 1.43 bits per heavy atom. The van der Waals surface area contributed by atoms with Gasteiger partial charge in [-0.3, -0.25) is 14.2 Å². The van der Waals surface area contributed by atoms with Gasteiger partial charge in [-0.1, -0.05) is 12.1 Å². The van der Waals surface area contributed by atoms with Crippen molar-refractivity contribution in [1.82, 2.24) is 9.55 Å². The second-order valence-corrected chi connectivity index (χ2v) is 5.29. The SMILES string of the molecule is Cn1c(N2CCC(F)(C(N)=O)C2)nc2ccccc2c1=O. The number of amides is 1. The van der Waals surface area contributed by atoms with E-state index in [1.807, 2.05) is 0 Å². The Balaban J connectivity index is 2.08. The van der Waals surface area contributed by atoms with Crippen molar-refractivity contribution in [3.05, 3.63) is 34.6 Å². The molecular weight excluding hydrogens is 275 g/mol. The summed E-state index contributed by atoms with van der Waals surface area (Å²) in [5.41, 5.74) is 3.38. The van der Waals surface area contributed by atoms with Gasteiger partial charge in [0.25, 0.3) is 11.5 Å². The van der Waals surface area contributed by atoms with Gasteiger partial charge in [-0.05, 0) is 12.1 Å². The molecule has 1 atom stereocenters. The number of carbonyl (C=O) groups excluding carboxylic acids is 1. The van der Waals surface area contributed by atoms with E-state index in [4.69, 9.17) is 5.73 Å². The Hall–Kier alpha value is -2.44. The van der Waals surface area contributed by atoms with Gasteiger partial charge in [0.15, 0.2) is 0 Å². The topological polar surface area (TPSA) is 81.2 Å². The Morgan fingerprint density at radius 2 is 2.14 bits per heavy atom. The number of benzene rings is 1. The highest BCUT2D eigenvalue weighted by Crippen LogP contribution is 2.28. The van der Waals surface area contributed by atoms with Crippen LogP contribution >= 0.6 is 0 Å². The third kappa shape index (κ3) is 2.05. The van der Waals surface area contributed by atoms with Crippen LogP contribution in [-0.2, 0) is 11.8 Å². The lowest BCUT2D eigenvalue weighted by Crippen LogP contribution is -2.43. The average molecular weight is 290 g/mol. The number of alkyl halides is 1. The van der Waals surface area contributed by atoms with E-state index in [0.717, 1.165) is 0 Å². The second-order valence-electron chi connectivity index (χ2n) is 5.29. The zero-order chi connectivity index (χ0) is 15.2. The Bertz CT molecular complexity index is 788. The molecule has 0 aliphatic carbocycles. The minimum Gasteiger partial charge on any atom is -0.367 e. The number of carbonyl (C=O) groups is 1. The first kappa shape index (κ1) is 13.5. The van der Waals surface area contributed by atoms with Crippen molar-refractivity contribution in [1.29, 1.82) is 0 Å². The molecule has 0 spiro atoms. The van der Waals surface area contributed by atoms with Crippen LogP contribution in [0.4, 0.5) is 10.3 Å². The van der Waals surface area contributed by atoms with E-state index in [-0.39, 0.29) is 25.1 Å². The molecular formula is C14H15FN4O2. The van der Waals surface area contributed by atoms with E-state index in [0.29, 0.717) is 16.9 Å². The van der Waals surface area contributed by atoms with Crippen molar-refractivity contribution < 1.29 is 9.18 Å². The quantitative estimate of drug-likeness (QED) is 0.864. The lowest BCUT2D eigenvalue weighted by Gasteiger charge is -2.21. The number of nitrogens with zero attached hydrogens (tertiary/aromatic N) is 3. The summed E-state index contributed by atoms with van der Waals surface area (Å²) < 4.78 is 15.7. The first-order chi connectivity index (χ1) is 9.92. The lowest BCUT2D eigenvalue weighted by molar-refractivity contribution is -0.128. The molecule has 1 aromatic heterocycles. The summed E-state index contributed by atoms with van der Waals surface area (Å²) in [6, 6.07) is 6.97. The number of nitrogens with two attached hydrogens (primary N) is 1. The van der Waals surface area contributed by atoms with Crippen LogP contribution in [0.25, 0.3) is 10.9 Å². The lowest BCUT2D eigenvalue weighted by atomic mass is 10.1. The van der Waals surface area contributed by atoms with Crippen LogP contribution < -0.4 is 16.2 Å². The fourth-order valence-corrected chi connectivity index (χ4v) is 2.63. The molecule has 1 aliphatic rings. The highest BCUT2D eigenvalue weighted by atomic mass is 19.1. The zero-order valence-corrected chi connectivity index (χ0v) is 11.5. The molecule has 3 rings (SSSR count). The maximum atomic E-state index is 14.3. The van der Waals surface area contributed by atoms with Crippen molar-refractivity contribution in [3.63, 3.8) is 0 Å². The van der Waals surface area contributed by atoms with Gasteiger partial charge in [0, 0.05) is 20.0 Å². The number of primary amides is 1. The van der Waals surface area contributed by atoms with Gasteiger partial charge < -0.3 is 10.6 Å². The highest BCUT2D eigenvalue weighted by molar-refractivity contribution is 5.85. The van der Waals surface area contributed by atoms with Crippen molar-refractivity contribution in [2.75, 3.05) is 18.0 Å². The summed E-state index contributed by atoms with van der Waals surface area (Å²) in [4.78, 5) is 29.5. The van der Waals surface area contributed by atoms with Crippen molar-refractivity contribution in [2.45, 2.75) is 12.1 Å². The van der Waals surface area contributed by atoms with Gasteiger partial charge in [-0.25, -0.2) is 9.37 Å². The molecule has 0 bridgehead atoms. The average Bonchev–Trinajstić information content (AvgIpc) is 2.87. The molecule has 1 amide bonds. The molecule has 21 heavy (non-hydrogen) atoms. The Kier molecular flexibility index (Phi) is 2.93. The number of para-hydroxylation sites is 1. The second kappa shape index (κ2) is 4.54. The van der Waals surface area contributed by atoms with Crippen molar-refractivity contribution in [3.8, 4) is 0 Å². The van der Waals surface area contributed by atoms with E-state index >= 15 is 0 Å². The van der Waals surface area contributed by atoms with Gasteiger partial charge in [-0.15, -0.1) is 0 Å². The molecule has 1 aromatic carbocycles. The number of hydrogen-bond acceptors (Lipinski definition) is 4. The van der Waals surface area contributed by atoms with E-state index < -0.39 is 11.6 Å². The first-order valence-electron chi connectivity index (χ1n) is 6.62. The molecule has 0 radical (unpaired) electrons. The van der Waals surface area contributed by atoms with Crippen molar-refractivity contribution >= 4 is 22.8 Å². The Labute approximate surface area is 120 Å². The third-order valence-corrected chi connectivity index (χ3v) is 3.90. The van der Waals surface area contributed by atoms with E-state index in [1.54, 1.807) is 36.2 Å². The van der Waals surface area contributed by atoms with Crippen molar-refractivity contribution in [2.24, 2.45) is 12.8 Å². The maximum Gasteiger partial charge on any atom is 0.262 e. The van der Waals surface area contributed by atoms with Crippen LogP contribution in [0.15, 0.2) is 29.1 Å². The number of hydrogen-bond donors (Lipinski definition) is 1. The molecule has 2 N–H and O–H groups in total.